The minimum atomic E-state index is -0.296. The van der Waals surface area contributed by atoms with Crippen molar-refractivity contribution >= 4 is 0 Å². The molecule has 5 heteroatoms. The second-order valence-corrected chi connectivity index (χ2v) is 2.07. The zero-order valence-corrected chi connectivity index (χ0v) is 5.88. The number of hydrogen-bond acceptors (Lipinski definition) is 4. The minimum Gasteiger partial charge on any atom is -0.271 e. The molecule has 3 N–H and O–H groups in total. The average Bonchev–Trinajstić information content (AvgIpc) is 1.87. The van der Waals surface area contributed by atoms with Crippen LogP contribution < -0.4 is 11.3 Å². The monoisotopic (exact) mass is 147 g/mol. The highest BCUT2D eigenvalue weighted by atomic mass is 16.6. The van der Waals surface area contributed by atoms with Crippen LogP contribution in [0.15, 0.2) is 0 Å². The lowest BCUT2D eigenvalue weighted by Crippen LogP contribution is -2.22. The van der Waals surface area contributed by atoms with Gasteiger partial charge in [0.1, 0.15) is 0 Å². The summed E-state index contributed by atoms with van der Waals surface area (Å²) in [6.45, 7) is 0.808. The molecule has 0 amide bonds. The van der Waals surface area contributed by atoms with Gasteiger partial charge in [0.05, 0.1) is 0 Å². The predicted molar refractivity (Wildman–Crippen MR) is 37.9 cm³/mol. The van der Waals surface area contributed by atoms with E-state index in [0.29, 0.717) is 6.42 Å². The normalized spacial score (nSPS) is 9.70. The van der Waals surface area contributed by atoms with Gasteiger partial charge in [-0.2, -0.15) is 0 Å². The maximum absolute atomic E-state index is 9.80. The molecular formula is C5H13N3O2. The van der Waals surface area contributed by atoms with E-state index >= 15 is 0 Å². The molecule has 0 aromatic carbocycles. The van der Waals surface area contributed by atoms with Crippen LogP contribution in [0.5, 0.6) is 0 Å². The highest BCUT2D eigenvalue weighted by molar-refractivity contribution is 4.41. The molecule has 0 aliphatic heterocycles. The van der Waals surface area contributed by atoms with Crippen molar-refractivity contribution in [2.24, 2.45) is 5.84 Å². The van der Waals surface area contributed by atoms with Crippen LogP contribution in [-0.2, 0) is 0 Å². The van der Waals surface area contributed by atoms with Gasteiger partial charge < -0.3 is 0 Å². The summed E-state index contributed by atoms with van der Waals surface area (Å²) in [5, 5.41) is 9.80. The van der Waals surface area contributed by atoms with Gasteiger partial charge in [-0.1, -0.05) is 0 Å². The molecule has 0 aliphatic carbocycles. The van der Waals surface area contributed by atoms with Gasteiger partial charge in [-0.25, -0.2) is 0 Å². The molecule has 0 atom stereocenters. The first-order chi connectivity index (χ1) is 4.77. The van der Waals surface area contributed by atoms with E-state index in [4.69, 9.17) is 5.84 Å². The van der Waals surface area contributed by atoms with Gasteiger partial charge >= 0.3 is 0 Å². The number of hydrogen-bond donors (Lipinski definition) is 2. The highest BCUT2D eigenvalue weighted by Gasteiger charge is 1.94. The molecule has 0 heterocycles. The summed E-state index contributed by atoms with van der Waals surface area (Å²) < 4.78 is 0. The fourth-order valence-electron chi connectivity index (χ4n) is 0.645. The Labute approximate surface area is 59.7 Å². The maximum atomic E-state index is 9.80. The van der Waals surface area contributed by atoms with Crippen LogP contribution in [0.2, 0.25) is 0 Å². The minimum absolute atomic E-state index is 0.0740. The zero-order valence-electron chi connectivity index (χ0n) is 5.88. The Balaban J connectivity index is 2.84. The molecule has 0 aromatic heterocycles. The lowest BCUT2D eigenvalue weighted by atomic mass is 10.2. The first-order valence-electron chi connectivity index (χ1n) is 3.32. The first-order valence-corrected chi connectivity index (χ1v) is 3.32. The predicted octanol–water partition coefficient (Wildman–Crippen LogP) is -0.103. The van der Waals surface area contributed by atoms with Crippen LogP contribution in [0.1, 0.15) is 19.3 Å². The Morgan fingerprint density at radius 2 is 2.10 bits per heavy atom. The van der Waals surface area contributed by atoms with E-state index in [1.165, 1.54) is 0 Å². The number of unbranched alkanes of at least 4 members (excludes halogenated alkanes) is 2. The van der Waals surface area contributed by atoms with Gasteiger partial charge in [0, 0.05) is 17.9 Å². The quantitative estimate of drug-likeness (QED) is 0.238. The van der Waals surface area contributed by atoms with E-state index < -0.39 is 0 Å². The number of rotatable bonds is 6. The first kappa shape index (κ1) is 9.32. The van der Waals surface area contributed by atoms with Gasteiger partial charge in [-0.15, -0.1) is 0 Å². The van der Waals surface area contributed by atoms with Gasteiger partial charge in [0.2, 0.25) is 6.54 Å². The van der Waals surface area contributed by atoms with Crippen molar-refractivity contribution in [2.75, 3.05) is 13.1 Å². The molecule has 0 aliphatic rings. The van der Waals surface area contributed by atoms with Gasteiger partial charge in [-0.05, 0) is 12.8 Å². The highest BCUT2D eigenvalue weighted by Crippen LogP contribution is 1.92. The Hall–Kier alpha value is -0.680. The van der Waals surface area contributed by atoms with E-state index in [9.17, 15) is 10.1 Å². The molecule has 5 nitrogen and oxygen atoms in total. The Bertz CT molecular complexity index is 96.9. The second kappa shape index (κ2) is 6.44. The second-order valence-electron chi connectivity index (χ2n) is 2.07. The molecule has 0 spiro atoms. The molecule has 0 saturated heterocycles. The molecule has 10 heavy (non-hydrogen) atoms. The summed E-state index contributed by atoms with van der Waals surface area (Å²) >= 11 is 0. The molecule has 0 unspecified atom stereocenters. The van der Waals surface area contributed by atoms with Crippen molar-refractivity contribution in [3.8, 4) is 0 Å². The fourth-order valence-corrected chi connectivity index (χ4v) is 0.645. The van der Waals surface area contributed by atoms with E-state index in [1.807, 2.05) is 0 Å². The summed E-state index contributed by atoms with van der Waals surface area (Å²) in [5.74, 6) is 4.99. The van der Waals surface area contributed by atoms with Crippen molar-refractivity contribution in [1.29, 1.82) is 0 Å². The van der Waals surface area contributed by atoms with E-state index in [-0.39, 0.29) is 11.5 Å². The number of nitrogens with two attached hydrogens (primary N) is 1. The smallest absolute Gasteiger partial charge is 0.203 e. The van der Waals surface area contributed by atoms with Gasteiger partial charge in [0.25, 0.3) is 0 Å². The zero-order chi connectivity index (χ0) is 7.82. The SMILES string of the molecule is NNCCCCC[N+](=O)[O-]. The fraction of sp³-hybridized carbons (Fsp3) is 1.00. The van der Waals surface area contributed by atoms with E-state index in [2.05, 4.69) is 5.43 Å². The third kappa shape index (κ3) is 7.32. The molecule has 0 aromatic rings. The van der Waals surface area contributed by atoms with Crippen LogP contribution in [0, 0.1) is 10.1 Å². The number of nitro groups is 1. The standard InChI is InChI=1S/C5H13N3O2/c6-7-4-2-1-3-5-8(9)10/h7H,1-6H2. The van der Waals surface area contributed by atoms with Gasteiger partial charge in [0.15, 0.2) is 0 Å². The van der Waals surface area contributed by atoms with Crippen LogP contribution in [0.25, 0.3) is 0 Å². The largest absolute Gasteiger partial charge is 0.271 e. The Kier molecular flexibility index (Phi) is 6.00. The molecular weight excluding hydrogens is 134 g/mol. The Morgan fingerprint density at radius 3 is 2.60 bits per heavy atom. The van der Waals surface area contributed by atoms with Crippen molar-refractivity contribution < 1.29 is 4.92 Å². The molecule has 0 fully saturated rings. The van der Waals surface area contributed by atoms with Crippen molar-refractivity contribution in [3.63, 3.8) is 0 Å². The maximum Gasteiger partial charge on any atom is 0.203 e. The van der Waals surface area contributed by atoms with Crippen molar-refractivity contribution in [3.05, 3.63) is 10.1 Å². The number of nitrogens with one attached hydrogen (secondary N) is 1. The molecule has 0 radical (unpaired) electrons. The van der Waals surface area contributed by atoms with Crippen molar-refractivity contribution in [2.45, 2.75) is 19.3 Å². The van der Waals surface area contributed by atoms with Crippen molar-refractivity contribution in [1.82, 2.24) is 5.43 Å². The molecule has 0 saturated carbocycles. The summed E-state index contributed by atoms with van der Waals surface area (Å²) in [6, 6.07) is 0. The summed E-state index contributed by atoms with van der Waals surface area (Å²) in [5.41, 5.74) is 2.49. The van der Waals surface area contributed by atoms with Crippen LogP contribution >= 0.6 is 0 Å². The number of hydrazine groups is 1. The lowest BCUT2D eigenvalue weighted by molar-refractivity contribution is -0.480. The third-order valence-corrected chi connectivity index (χ3v) is 1.16. The van der Waals surface area contributed by atoms with E-state index in [0.717, 1.165) is 19.4 Å². The summed E-state index contributed by atoms with van der Waals surface area (Å²) in [4.78, 5) is 9.50. The van der Waals surface area contributed by atoms with Crippen LogP contribution in [0.4, 0.5) is 0 Å². The molecule has 0 rings (SSSR count). The Morgan fingerprint density at radius 1 is 1.40 bits per heavy atom. The average molecular weight is 147 g/mol. The molecule has 60 valence electrons. The van der Waals surface area contributed by atoms with E-state index in [1.54, 1.807) is 0 Å². The van der Waals surface area contributed by atoms with Gasteiger partial charge in [-0.3, -0.25) is 21.4 Å². The van der Waals surface area contributed by atoms with Crippen LogP contribution in [-0.4, -0.2) is 18.0 Å². The molecule has 0 bridgehead atoms. The topological polar surface area (TPSA) is 81.2 Å². The third-order valence-electron chi connectivity index (χ3n) is 1.16. The number of nitrogens with zero attached hydrogens (tertiary/aromatic N) is 1. The lowest BCUT2D eigenvalue weighted by Gasteiger charge is -1.95. The summed E-state index contributed by atoms with van der Waals surface area (Å²) in [7, 11) is 0. The van der Waals surface area contributed by atoms with Crippen LogP contribution in [0.3, 0.4) is 0 Å². The summed E-state index contributed by atoms with van der Waals surface area (Å²) in [6.07, 6.45) is 2.42.